The second kappa shape index (κ2) is 9.08. The van der Waals surface area contributed by atoms with Gasteiger partial charge in [0.2, 0.25) is 9.84 Å². The number of carbonyl (C=O) groups is 1. The SMILES string of the molecule is CCc1ccc(N2C(=O)C(O)=C(S(=O)(=O)c3ccc(C)cc3)[C@@H]2c2ccc(SC)cc2)cc1. The third-order valence-electron chi connectivity index (χ3n) is 5.84. The molecule has 1 amide bonds. The summed E-state index contributed by atoms with van der Waals surface area (Å²) < 4.78 is 27.4. The van der Waals surface area contributed by atoms with Crippen LogP contribution in [-0.4, -0.2) is 25.7 Å². The van der Waals surface area contributed by atoms with E-state index in [-0.39, 0.29) is 9.80 Å². The maximum absolute atomic E-state index is 13.7. The van der Waals surface area contributed by atoms with Gasteiger partial charge in [-0.15, -0.1) is 11.8 Å². The first-order valence-corrected chi connectivity index (χ1v) is 13.3. The molecule has 0 spiro atoms. The van der Waals surface area contributed by atoms with Crippen molar-refractivity contribution < 1.29 is 18.3 Å². The molecule has 0 aliphatic carbocycles. The highest BCUT2D eigenvalue weighted by atomic mass is 32.2. The Balaban J connectivity index is 1.90. The van der Waals surface area contributed by atoms with Crippen LogP contribution in [0, 0.1) is 6.92 Å². The van der Waals surface area contributed by atoms with Gasteiger partial charge >= 0.3 is 0 Å². The molecule has 0 radical (unpaired) electrons. The number of hydrogen-bond donors (Lipinski definition) is 1. The lowest BCUT2D eigenvalue weighted by molar-refractivity contribution is -0.117. The van der Waals surface area contributed by atoms with Crippen LogP contribution >= 0.6 is 11.8 Å². The van der Waals surface area contributed by atoms with Crippen LogP contribution in [0.3, 0.4) is 0 Å². The lowest BCUT2D eigenvalue weighted by Crippen LogP contribution is -2.31. The fourth-order valence-electron chi connectivity index (χ4n) is 3.95. The molecule has 1 aliphatic rings. The second-order valence-electron chi connectivity index (χ2n) is 7.90. The number of carbonyl (C=O) groups excluding carboxylic acids is 1. The zero-order valence-corrected chi connectivity index (χ0v) is 20.3. The lowest BCUT2D eigenvalue weighted by Gasteiger charge is -2.27. The van der Waals surface area contributed by atoms with Gasteiger partial charge < -0.3 is 5.11 Å². The largest absolute Gasteiger partial charge is 0.502 e. The molecule has 0 unspecified atom stereocenters. The van der Waals surface area contributed by atoms with Crippen LogP contribution in [0.15, 0.2) is 93.3 Å². The Kier molecular flexibility index (Phi) is 6.36. The molecule has 170 valence electrons. The predicted octanol–water partition coefficient (Wildman–Crippen LogP) is 5.61. The molecule has 0 fully saturated rings. The molecule has 1 atom stereocenters. The van der Waals surface area contributed by atoms with Crippen molar-refractivity contribution in [3.05, 3.63) is 100 Å². The third kappa shape index (κ3) is 4.18. The van der Waals surface area contributed by atoms with Gasteiger partial charge in [-0.25, -0.2) is 8.42 Å². The molecule has 1 N–H and O–H groups in total. The molecule has 33 heavy (non-hydrogen) atoms. The normalized spacial score (nSPS) is 16.5. The van der Waals surface area contributed by atoms with E-state index in [1.165, 1.54) is 17.0 Å². The molecule has 0 bridgehead atoms. The Bertz CT molecular complexity index is 1310. The van der Waals surface area contributed by atoms with Crippen LogP contribution in [0.4, 0.5) is 5.69 Å². The van der Waals surface area contributed by atoms with Crippen molar-refractivity contribution in [3.63, 3.8) is 0 Å². The van der Waals surface area contributed by atoms with Gasteiger partial charge in [0.25, 0.3) is 5.91 Å². The predicted molar refractivity (Wildman–Crippen MR) is 132 cm³/mol. The highest BCUT2D eigenvalue weighted by molar-refractivity contribution is 7.98. The molecule has 0 saturated carbocycles. The van der Waals surface area contributed by atoms with Crippen LogP contribution in [0.2, 0.25) is 0 Å². The number of aryl methyl sites for hydroxylation is 2. The summed E-state index contributed by atoms with van der Waals surface area (Å²) in [6, 6.07) is 20.2. The first kappa shape index (κ1) is 23.1. The minimum Gasteiger partial charge on any atom is -0.502 e. The Morgan fingerprint density at radius 1 is 0.939 bits per heavy atom. The van der Waals surface area contributed by atoms with Crippen LogP contribution in [0.1, 0.15) is 29.7 Å². The third-order valence-corrected chi connectivity index (χ3v) is 8.47. The topological polar surface area (TPSA) is 74.7 Å². The fraction of sp³-hybridized carbons (Fsp3) is 0.192. The maximum Gasteiger partial charge on any atom is 0.295 e. The summed E-state index contributed by atoms with van der Waals surface area (Å²) in [7, 11) is -4.14. The van der Waals surface area contributed by atoms with E-state index < -0.39 is 27.5 Å². The van der Waals surface area contributed by atoms with Crippen molar-refractivity contribution in [2.75, 3.05) is 11.2 Å². The molecular weight excluding hydrogens is 454 g/mol. The lowest BCUT2D eigenvalue weighted by atomic mass is 10.1. The second-order valence-corrected chi connectivity index (χ2v) is 10.7. The molecule has 3 aromatic carbocycles. The van der Waals surface area contributed by atoms with Crippen molar-refractivity contribution in [3.8, 4) is 0 Å². The molecule has 1 heterocycles. The van der Waals surface area contributed by atoms with Crippen molar-refractivity contribution in [1.82, 2.24) is 0 Å². The quantitative estimate of drug-likeness (QED) is 0.465. The average Bonchev–Trinajstić information content (AvgIpc) is 3.10. The summed E-state index contributed by atoms with van der Waals surface area (Å²) in [5.74, 6) is -1.47. The highest BCUT2D eigenvalue weighted by Gasteiger charge is 2.47. The fourth-order valence-corrected chi connectivity index (χ4v) is 5.98. The van der Waals surface area contributed by atoms with Crippen LogP contribution < -0.4 is 4.90 Å². The van der Waals surface area contributed by atoms with Crippen molar-refractivity contribution >= 4 is 33.2 Å². The summed E-state index contributed by atoms with van der Waals surface area (Å²) in [6.45, 7) is 3.90. The van der Waals surface area contributed by atoms with E-state index in [4.69, 9.17) is 0 Å². The van der Waals surface area contributed by atoms with Gasteiger partial charge in [-0.3, -0.25) is 9.69 Å². The van der Waals surface area contributed by atoms with Gasteiger partial charge in [0.05, 0.1) is 4.90 Å². The standard InChI is InChI=1S/C26H25NO4S2/c1-4-18-7-11-20(12-8-18)27-23(19-9-13-21(32-3)14-10-19)25(24(28)26(27)29)33(30,31)22-15-5-17(2)6-16-22/h5-16,23,28H,4H2,1-3H3/t23-/m0/s1. The van der Waals surface area contributed by atoms with E-state index in [0.717, 1.165) is 22.4 Å². The first-order valence-electron chi connectivity index (χ1n) is 10.6. The molecule has 4 rings (SSSR count). The van der Waals surface area contributed by atoms with Gasteiger partial charge in [0.1, 0.15) is 10.9 Å². The molecule has 1 aliphatic heterocycles. The monoisotopic (exact) mass is 479 g/mol. The summed E-state index contributed by atoms with van der Waals surface area (Å²) >= 11 is 1.57. The number of anilines is 1. The van der Waals surface area contributed by atoms with Crippen LogP contribution in [0.5, 0.6) is 0 Å². The van der Waals surface area contributed by atoms with Crippen molar-refractivity contribution in [1.29, 1.82) is 0 Å². The Morgan fingerprint density at radius 3 is 2.09 bits per heavy atom. The summed E-state index contributed by atoms with van der Waals surface area (Å²) in [6.07, 6.45) is 2.79. The molecular formula is C26H25NO4S2. The molecule has 0 aromatic heterocycles. The summed E-state index contributed by atoms with van der Waals surface area (Å²) in [4.78, 5) is 15.4. The number of hydrogen-bond acceptors (Lipinski definition) is 5. The zero-order chi connectivity index (χ0) is 23.8. The van der Waals surface area contributed by atoms with E-state index in [0.29, 0.717) is 11.3 Å². The number of benzene rings is 3. The van der Waals surface area contributed by atoms with Gasteiger partial charge in [-0.05, 0) is 67.1 Å². The number of sulfone groups is 1. The number of nitrogens with zero attached hydrogens (tertiary/aromatic N) is 1. The summed E-state index contributed by atoms with van der Waals surface area (Å²) in [5.41, 5.74) is 3.14. The summed E-state index contributed by atoms with van der Waals surface area (Å²) in [5, 5.41) is 10.9. The Morgan fingerprint density at radius 2 is 1.55 bits per heavy atom. The molecule has 0 saturated heterocycles. The van der Waals surface area contributed by atoms with Crippen molar-refractivity contribution in [2.45, 2.75) is 36.1 Å². The Labute approximate surface area is 198 Å². The average molecular weight is 480 g/mol. The molecule has 7 heteroatoms. The Hall–Kier alpha value is -3.03. The maximum atomic E-state index is 13.7. The minimum absolute atomic E-state index is 0.0383. The molecule has 5 nitrogen and oxygen atoms in total. The van der Waals surface area contributed by atoms with Crippen LogP contribution in [-0.2, 0) is 21.1 Å². The first-order chi connectivity index (χ1) is 15.8. The van der Waals surface area contributed by atoms with E-state index >= 15 is 0 Å². The highest BCUT2D eigenvalue weighted by Crippen LogP contribution is 2.45. The van der Waals surface area contributed by atoms with Gasteiger partial charge in [0.15, 0.2) is 5.76 Å². The number of thioether (sulfide) groups is 1. The van der Waals surface area contributed by atoms with E-state index in [9.17, 15) is 18.3 Å². The minimum atomic E-state index is -4.14. The van der Waals surface area contributed by atoms with E-state index in [1.807, 2.05) is 44.4 Å². The number of amides is 1. The van der Waals surface area contributed by atoms with Crippen LogP contribution in [0.25, 0.3) is 0 Å². The van der Waals surface area contributed by atoms with Crippen molar-refractivity contribution in [2.24, 2.45) is 0 Å². The van der Waals surface area contributed by atoms with Gasteiger partial charge in [-0.1, -0.05) is 48.9 Å². The van der Waals surface area contributed by atoms with E-state index in [2.05, 4.69) is 0 Å². The van der Waals surface area contributed by atoms with E-state index in [1.54, 1.807) is 48.2 Å². The molecule has 3 aromatic rings. The number of aliphatic hydroxyl groups is 1. The zero-order valence-electron chi connectivity index (χ0n) is 18.6. The number of rotatable bonds is 6. The smallest absolute Gasteiger partial charge is 0.295 e. The van der Waals surface area contributed by atoms with Gasteiger partial charge in [0, 0.05) is 10.6 Å². The van der Waals surface area contributed by atoms with Gasteiger partial charge in [-0.2, -0.15) is 0 Å². The number of aliphatic hydroxyl groups excluding tert-OH is 1.